The molecule has 4 fully saturated rings. The monoisotopic (exact) mass is 543 g/mol. The van der Waals surface area contributed by atoms with Crippen molar-refractivity contribution in [2.75, 3.05) is 33.7 Å². The first-order valence-corrected chi connectivity index (χ1v) is 15.4. The van der Waals surface area contributed by atoms with Crippen molar-refractivity contribution < 1.29 is 14.7 Å². The molecular formula is C34H45N3O3. The lowest BCUT2D eigenvalue weighted by atomic mass is 9.58. The van der Waals surface area contributed by atoms with Gasteiger partial charge < -0.3 is 20.2 Å². The Morgan fingerprint density at radius 2 is 1.68 bits per heavy atom. The zero-order valence-corrected chi connectivity index (χ0v) is 24.1. The molecule has 6 nitrogen and oxygen atoms in total. The van der Waals surface area contributed by atoms with Crippen LogP contribution in [0.4, 0.5) is 0 Å². The fourth-order valence-corrected chi connectivity index (χ4v) is 8.88. The number of carbonyl (C=O) groups is 2. The third-order valence-corrected chi connectivity index (χ3v) is 10.3. The van der Waals surface area contributed by atoms with Crippen molar-refractivity contribution in [3.05, 3.63) is 70.8 Å². The molecule has 214 valence electrons. The molecule has 4 bridgehead atoms. The Morgan fingerprint density at radius 3 is 2.35 bits per heavy atom. The Labute approximate surface area is 239 Å². The number of hydrogen-bond donors (Lipinski definition) is 2. The molecule has 0 aromatic heterocycles. The highest BCUT2D eigenvalue weighted by Gasteiger charge is 2.52. The van der Waals surface area contributed by atoms with Crippen LogP contribution in [0.25, 0.3) is 0 Å². The highest BCUT2D eigenvalue weighted by atomic mass is 16.3. The van der Waals surface area contributed by atoms with Gasteiger partial charge in [-0.2, -0.15) is 0 Å². The smallest absolute Gasteiger partial charge is 0.254 e. The number of rotatable bonds is 9. The highest BCUT2D eigenvalue weighted by Crippen LogP contribution is 2.59. The van der Waals surface area contributed by atoms with Crippen LogP contribution in [0.15, 0.2) is 48.5 Å². The zero-order chi connectivity index (χ0) is 27.9. The van der Waals surface area contributed by atoms with Gasteiger partial charge in [0.1, 0.15) is 0 Å². The first-order chi connectivity index (χ1) is 19.4. The summed E-state index contributed by atoms with van der Waals surface area (Å²) < 4.78 is 0. The summed E-state index contributed by atoms with van der Waals surface area (Å²) in [5, 5.41) is 12.9. The molecule has 40 heavy (non-hydrogen) atoms. The fourth-order valence-electron chi connectivity index (χ4n) is 8.88. The molecule has 0 saturated heterocycles. The van der Waals surface area contributed by atoms with Crippen LogP contribution in [-0.2, 0) is 11.4 Å². The second-order valence-corrected chi connectivity index (χ2v) is 13.5. The average Bonchev–Trinajstić information content (AvgIpc) is 3.16. The maximum Gasteiger partial charge on any atom is 0.254 e. The maximum atomic E-state index is 14.4. The van der Waals surface area contributed by atoms with E-state index in [0.29, 0.717) is 12.1 Å². The number of aliphatic hydroxyl groups is 1. The number of benzene rings is 2. The van der Waals surface area contributed by atoms with Crippen LogP contribution in [0.3, 0.4) is 0 Å². The van der Waals surface area contributed by atoms with E-state index in [0.717, 1.165) is 54.0 Å². The van der Waals surface area contributed by atoms with Crippen LogP contribution >= 0.6 is 0 Å². The van der Waals surface area contributed by atoms with E-state index in [1.807, 2.05) is 62.6 Å². The number of amides is 2. The van der Waals surface area contributed by atoms with Crippen LogP contribution in [0, 0.1) is 23.2 Å². The minimum Gasteiger partial charge on any atom is -0.392 e. The van der Waals surface area contributed by atoms with Gasteiger partial charge in [0.15, 0.2) is 0 Å². The Balaban J connectivity index is 1.39. The SMILES string of the molecule is CN(C)CCCNC(=O)C1c2ccccc2C(=O)N(CC23CC4CCC(CC(C4)C2)C3)C1c1ccc(CO)cc1. The predicted molar refractivity (Wildman–Crippen MR) is 157 cm³/mol. The third-order valence-electron chi connectivity index (χ3n) is 10.3. The second-order valence-electron chi connectivity index (χ2n) is 13.5. The number of hydrogen-bond acceptors (Lipinski definition) is 4. The molecule has 0 spiro atoms. The summed E-state index contributed by atoms with van der Waals surface area (Å²) in [6.07, 6.45) is 9.90. The van der Waals surface area contributed by atoms with E-state index < -0.39 is 5.92 Å². The summed E-state index contributed by atoms with van der Waals surface area (Å²) in [6.45, 7) is 2.21. The summed E-state index contributed by atoms with van der Waals surface area (Å²) in [5.74, 6) is 1.89. The van der Waals surface area contributed by atoms with Crippen molar-refractivity contribution in [2.45, 2.75) is 69.9 Å². The molecule has 7 rings (SSSR count). The van der Waals surface area contributed by atoms with Crippen molar-refractivity contribution >= 4 is 11.8 Å². The summed E-state index contributed by atoms with van der Waals surface area (Å²) >= 11 is 0. The molecule has 2 N–H and O–H groups in total. The van der Waals surface area contributed by atoms with E-state index in [1.54, 1.807) is 0 Å². The molecule has 2 aromatic carbocycles. The molecule has 4 unspecified atom stereocenters. The molecule has 4 atom stereocenters. The number of nitrogens with zero attached hydrogens (tertiary/aromatic N) is 2. The van der Waals surface area contributed by atoms with Crippen LogP contribution in [0.1, 0.15) is 90.4 Å². The van der Waals surface area contributed by atoms with Gasteiger partial charge in [-0.25, -0.2) is 0 Å². The Kier molecular flexibility index (Phi) is 7.75. The molecule has 6 heteroatoms. The lowest BCUT2D eigenvalue weighted by Gasteiger charge is -2.53. The van der Waals surface area contributed by atoms with E-state index in [1.165, 1.54) is 44.9 Å². The van der Waals surface area contributed by atoms with Gasteiger partial charge in [0.25, 0.3) is 5.91 Å². The predicted octanol–water partition coefficient (Wildman–Crippen LogP) is 5.13. The van der Waals surface area contributed by atoms with Gasteiger partial charge in [-0.05, 0) is 105 Å². The molecule has 5 aliphatic rings. The molecular weight excluding hydrogens is 498 g/mol. The highest BCUT2D eigenvalue weighted by molar-refractivity contribution is 6.01. The second kappa shape index (κ2) is 11.3. The van der Waals surface area contributed by atoms with Gasteiger partial charge in [0.2, 0.25) is 5.91 Å². The van der Waals surface area contributed by atoms with Crippen molar-refractivity contribution in [1.29, 1.82) is 0 Å². The summed E-state index contributed by atoms with van der Waals surface area (Å²) in [4.78, 5) is 32.7. The van der Waals surface area contributed by atoms with Gasteiger partial charge in [-0.15, -0.1) is 0 Å². The van der Waals surface area contributed by atoms with Gasteiger partial charge in [0, 0.05) is 18.7 Å². The van der Waals surface area contributed by atoms with Gasteiger partial charge >= 0.3 is 0 Å². The molecule has 0 radical (unpaired) electrons. The van der Waals surface area contributed by atoms with E-state index in [-0.39, 0.29) is 29.9 Å². The Morgan fingerprint density at radius 1 is 1.00 bits per heavy atom. The quantitative estimate of drug-likeness (QED) is 0.430. The molecule has 4 saturated carbocycles. The standard InChI is InChI=1S/C34H45N3O3/c1-36(2)15-5-14-35-32(39)30-28-6-3-4-7-29(28)33(40)37(31(30)27-12-10-23(21-38)11-13-27)22-34-18-24-8-9-25(19-34)17-26(16-24)20-34/h3-4,6-7,10-13,24-26,30-31,38H,5,8-9,14-22H2,1-2H3,(H,35,39). The zero-order valence-electron chi connectivity index (χ0n) is 24.1. The van der Waals surface area contributed by atoms with Crippen LogP contribution in [0.5, 0.6) is 0 Å². The minimum absolute atomic E-state index is 0.0114. The van der Waals surface area contributed by atoms with E-state index in [2.05, 4.69) is 15.1 Å². The third kappa shape index (κ3) is 5.33. The normalized spacial score (nSPS) is 30.9. The van der Waals surface area contributed by atoms with Gasteiger partial charge in [0.05, 0.1) is 18.6 Å². The number of aliphatic hydroxyl groups excluding tert-OH is 1. The Bertz CT molecular complexity index is 1210. The molecule has 1 heterocycles. The lowest BCUT2D eigenvalue weighted by molar-refractivity contribution is -0.124. The van der Waals surface area contributed by atoms with Crippen LogP contribution < -0.4 is 5.32 Å². The van der Waals surface area contributed by atoms with Crippen molar-refractivity contribution in [3.63, 3.8) is 0 Å². The van der Waals surface area contributed by atoms with Crippen LogP contribution in [-0.4, -0.2) is 60.5 Å². The molecule has 2 aromatic rings. The number of nitrogens with one attached hydrogen (secondary N) is 1. The molecule has 4 aliphatic carbocycles. The first kappa shape index (κ1) is 27.5. The number of fused-ring (bicyclic) bond motifs is 2. The lowest BCUT2D eigenvalue weighted by Crippen LogP contribution is -2.53. The van der Waals surface area contributed by atoms with Gasteiger partial charge in [-0.1, -0.05) is 55.3 Å². The summed E-state index contributed by atoms with van der Waals surface area (Å²) in [5.41, 5.74) is 3.44. The maximum absolute atomic E-state index is 14.4. The topological polar surface area (TPSA) is 72.9 Å². The fraction of sp³-hybridized carbons (Fsp3) is 0.588. The average molecular weight is 544 g/mol. The summed E-state index contributed by atoms with van der Waals surface area (Å²) in [7, 11) is 4.09. The van der Waals surface area contributed by atoms with Crippen molar-refractivity contribution in [2.24, 2.45) is 23.2 Å². The summed E-state index contributed by atoms with van der Waals surface area (Å²) in [6, 6.07) is 15.3. The molecule has 2 amide bonds. The molecule has 1 aliphatic heterocycles. The Hall–Kier alpha value is -2.70. The number of carbonyl (C=O) groups excluding carboxylic acids is 2. The van der Waals surface area contributed by atoms with Crippen molar-refractivity contribution in [3.8, 4) is 0 Å². The van der Waals surface area contributed by atoms with E-state index >= 15 is 0 Å². The van der Waals surface area contributed by atoms with E-state index in [9.17, 15) is 14.7 Å². The van der Waals surface area contributed by atoms with E-state index in [4.69, 9.17) is 0 Å². The van der Waals surface area contributed by atoms with Crippen LogP contribution in [0.2, 0.25) is 0 Å². The van der Waals surface area contributed by atoms with Gasteiger partial charge in [-0.3, -0.25) is 9.59 Å². The largest absolute Gasteiger partial charge is 0.392 e. The minimum atomic E-state index is -0.482. The van der Waals surface area contributed by atoms with Crippen molar-refractivity contribution in [1.82, 2.24) is 15.1 Å². The first-order valence-electron chi connectivity index (χ1n) is 15.4.